The van der Waals surface area contributed by atoms with Crippen molar-refractivity contribution >= 4 is 0 Å². The maximum Gasteiger partial charge on any atom is 0.127 e. The third-order valence-electron chi connectivity index (χ3n) is 4.90. The molecule has 1 fully saturated rings. The zero-order valence-electron chi connectivity index (χ0n) is 14.4. The number of likely N-dealkylation sites (tertiary alicyclic amines) is 1. The summed E-state index contributed by atoms with van der Waals surface area (Å²) < 4.78 is 7.40. The van der Waals surface area contributed by atoms with E-state index in [0.29, 0.717) is 5.92 Å². The Kier molecular flexibility index (Phi) is 4.52. The van der Waals surface area contributed by atoms with Crippen LogP contribution in [0.5, 0.6) is 5.75 Å². The number of nitrogens with zero attached hydrogens (tertiary/aromatic N) is 4. The second-order valence-electron chi connectivity index (χ2n) is 6.50. The maximum absolute atomic E-state index is 5.24. The van der Waals surface area contributed by atoms with Crippen LogP contribution in [0.2, 0.25) is 0 Å². The van der Waals surface area contributed by atoms with Gasteiger partial charge in [-0.3, -0.25) is 10.00 Å². The van der Waals surface area contributed by atoms with E-state index < -0.39 is 0 Å². The van der Waals surface area contributed by atoms with Gasteiger partial charge in [0.2, 0.25) is 0 Å². The molecule has 0 radical (unpaired) electrons. The van der Waals surface area contributed by atoms with Crippen LogP contribution in [0.25, 0.3) is 5.69 Å². The van der Waals surface area contributed by atoms with Crippen molar-refractivity contribution in [3.05, 3.63) is 60.4 Å². The third-order valence-corrected chi connectivity index (χ3v) is 4.90. The quantitative estimate of drug-likeness (QED) is 0.777. The SMILES string of the molecule is COc1ccc(-n2ccnc2CN2CCC[C@H](c3ccn[nH]3)C2)cc1. The third kappa shape index (κ3) is 3.44. The summed E-state index contributed by atoms with van der Waals surface area (Å²) in [5.74, 6) is 2.46. The zero-order valence-corrected chi connectivity index (χ0v) is 14.4. The zero-order chi connectivity index (χ0) is 17.1. The van der Waals surface area contributed by atoms with E-state index in [-0.39, 0.29) is 0 Å². The molecule has 1 aromatic carbocycles. The molecule has 3 heterocycles. The molecule has 4 rings (SSSR count). The predicted octanol–water partition coefficient (Wildman–Crippen LogP) is 2.98. The first-order valence-corrected chi connectivity index (χ1v) is 8.72. The van der Waals surface area contributed by atoms with Crippen LogP contribution in [0, 0.1) is 0 Å². The summed E-state index contributed by atoms with van der Waals surface area (Å²) in [4.78, 5) is 7.07. The topological polar surface area (TPSA) is 59.0 Å². The Morgan fingerprint density at radius 3 is 2.84 bits per heavy atom. The average Bonchev–Trinajstić information content (AvgIpc) is 3.34. The monoisotopic (exact) mass is 337 g/mol. The van der Waals surface area contributed by atoms with Crippen LogP contribution in [-0.2, 0) is 6.54 Å². The van der Waals surface area contributed by atoms with Gasteiger partial charge in [0.25, 0.3) is 0 Å². The number of rotatable bonds is 5. The van der Waals surface area contributed by atoms with Crippen molar-refractivity contribution < 1.29 is 4.74 Å². The largest absolute Gasteiger partial charge is 0.497 e. The van der Waals surface area contributed by atoms with E-state index in [2.05, 4.69) is 42.8 Å². The van der Waals surface area contributed by atoms with Crippen LogP contribution in [-0.4, -0.2) is 44.8 Å². The molecule has 0 aliphatic carbocycles. The van der Waals surface area contributed by atoms with Crippen molar-refractivity contribution in [3.8, 4) is 11.4 Å². The van der Waals surface area contributed by atoms with Gasteiger partial charge in [-0.1, -0.05) is 0 Å². The molecule has 0 spiro atoms. The number of aromatic amines is 1. The van der Waals surface area contributed by atoms with E-state index in [1.165, 1.54) is 18.5 Å². The van der Waals surface area contributed by atoms with Crippen LogP contribution in [0.15, 0.2) is 48.9 Å². The number of methoxy groups -OCH3 is 1. The highest BCUT2D eigenvalue weighted by molar-refractivity contribution is 5.38. The molecule has 2 aromatic heterocycles. The number of ether oxygens (including phenoxy) is 1. The van der Waals surface area contributed by atoms with Gasteiger partial charge in [-0.15, -0.1) is 0 Å². The molecule has 1 saturated heterocycles. The molecule has 6 nitrogen and oxygen atoms in total. The minimum atomic E-state index is 0.528. The number of hydrogen-bond donors (Lipinski definition) is 1. The van der Waals surface area contributed by atoms with Gasteiger partial charge in [-0.25, -0.2) is 4.98 Å². The van der Waals surface area contributed by atoms with Crippen LogP contribution >= 0.6 is 0 Å². The van der Waals surface area contributed by atoms with E-state index in [1.807, 2.05) is 30.7 Å². The molecule has 0 bridgehead atoms. The highest BCUT2D eigenvalue weighted by Crippen LogP contribution is 2.26. The van der Waals surface area contributed by atoms with Gasteiger partial charge in [0.05, 0.1) is 13.7 Å². The van der Waals surface area contributed by atoms with Gasteiger partial charge in [0, 0.05) is 42.4 Å². The molecule has 6 heteroatoms. The van der Waals surface area contributed by atoms with Crippen molar-refractivity contribution in [2.75, 3.05) is 20.2 Å². The Hall–Kier alpha value is -2.60. The van der Waals surface area contributed by atoms with E-state index in [0.717, 1.165) is 36.9 Å². The second kappa shape index (κ2) is 7.11. The molecule has 1 N–H and O–H groups in total. The lowest BCUT2D eigenvalue weighted by Gasteiger charge is -2.32. The first-order chi connectivity index (χ1) is 12.3. The summed E-state index contributed by atoms with van der Waals surface area (Å²) >= 11 is 0. The van der Waals surface area contributed by atoms with Crippen molar-refractivity contribution in [2.24, 2.45) is 0 Å². The van der Waals surface area contributed by atoms with Gasteiger partial charge < -0.3 is 9.30 Å². The molecule has 3 aromatic rings. The first-order valence-electron chi connectivity index (χ1n) is 8.72. The van der Waals surface area contributed by atoms with E-state index >= 15 is 0 Å². The van der Waals surface area contributed by atoms with Crippen molar-refractivity contribution in [1.29, 1.82) is 0 Å². The fourth-order valence-corrected chi connectivity index (χ4v) is 3.58. The Morgan fingerprint density at radius 1 is 1.20 bits per heavy atom. The number of nitrogens with one attached hydrogen (secondary N) is 1. The van der Waals surface area contributed by atoms with E-state index in [1.54, 1.807) is 7.11 Å². The van der Waals surface area contributed by atoms with Crippen LogP contribution in [0.3, 0.4) is 0 Å². The summed E-state index contributed by atoms with van der Waals surface area (Å²) in [7, 11) is 1.68. The van der Waals surface area contributed by atoms with Crippen LogP contribution < -0.4 is 4.74 Å². The Balaban J connectivity index is 1.48. The normalized spacial score (nSPS) is 18.4. The molecule has 1 aliphatic rings. The number of benzene rings is 1. The fraction of sp³-hybridized carbons (Fsp3) is 0.368. The van der Waals surface area contributed by atoms with Crippen molar-refractivity contribution in [2.45, 2.75) is 25.3 Å². The number of hydrogen-bond acceptors (Lipinski definition) is 4. The molecule has 130 valence electrons. The van der Waals surface area contributed by atoms with Crippen LogP contribution in [0.1, 0.15) is 30.3 Å². The summed E-state index contributed by atoms with van der Waals surface area (Å²) in [6, 6.07) is 10.2. The molecule has 0 unspecified atom stereocenters. The van der Waals surface area contributed by atoms with Crippen molar-refractivity contribution in [1.82, 2.24) is 24.6 Å². The summed E-state index contributed by atoms with van der Waals surface area (Å²) in [6.07, 6.45) is 8.15. The Morgan fingerprint density at radius 2 is 2.08 bits per heavy atom. The smallest absolute Gasteiger partial charge is 0.127 e. The molecule has 1 aliphatic heterocycles. The number of aromatic nitrogens is 4. The predicted molar refractivity (Wildman–Crippen MR) is 96.0 cm³/mol. The maximum atomic E-state index is 5.24. The fourth-order valence-electron chi connectivity index (χ4n) is 3.58. The lowest BCUT2D eigenvalue weighted by molar-refractivity contribution is 0.193. The summed E-state index contributed by atoms with van der Waals surface area (Å²) in [5.41, 5.74) is 2.35. The molecule has 0 saturated carbocycles. The van der Waals surface area contributed by atoms with Gasteiger partial charge in [0.1, 0.15) is 11.6 Å². The molecule has 25 heavy (non-hydrogen) atoms. The summed E-state index contributed by atoms with van der Waals surface area (Å²) in [5, 5.41) is 7.22. The average molecular weight is 337 g/mol. The lowest BCUT2D eigenvalue weighted by atomic mass is 9.95. The summed E-state index contributed by atoms with van der Waals surface area (Å²) in [6.45, 7) is 3.00. The molecular weight excluding hydrogens is 314 g/mol. The van der Waals surface area contributed by atoms with Crippen molar-refractivity contribution in [3.63, 3.8) is 0 Å². The number of piperidine rings is 1. The Labute approximate surface area is 147 Å². The number of H-pyrrole nitrogens is 1. The molecule has 1 atom stereocenters. The lowest BCUT2D eigenvalue weighted by Crippen LogP contribution is -2.34. The van der Waals surface area contributed by atoms with Crippen LogP contribution in [0.4, 0.5) is 0 Å². The van der Waals surface area contributed by atoms with Gasteiger partial charge >= 0.3 is 0 Å². The molecular formula is C19H23N5O. The Bertz CT molecular complexity index is 794. The highest BCUT2D eigenvalue weighted by atomic mass is 16.5. The first kappa shape index (κ1) is 15.9. The molecule has 0 amide bonds. The van der Waals surface area contributed by atoms with Gasteiger partial charge in [-0.05, 0) is 49.7 Å². The highest BCUT2D eigenvalue weighted by Gasteiger charge is 2.23. The minimum Gasteiger partial charge on any atom is -0.497 e. The van der Waals surface area contributed by atoms with Gasteiger partial charge in [0.15, 0.2) is 0 Å². The second-order valence-corrected chi connectivity index (χ2v) is 6.50. The van der Waals surface area contributed by atoms with Gasteiger partial charge in [-0.2, -0.15) is 5.10 Å². The minimum absolute atomic E-state index is 0.528. The standard InChI is InChI=1S/C19H23N5O/c1-25-17-6-4-16(5-7-17)24-12-10-20-19(24)14-23-11-2-3-15(13-23)18-8-9-21-22-18/h4-10,12,15H,2-3,11,13-14H2,1H3,(H,21,22)/t15-/m0/s1. The van der Waals surface area contributed by atoms with E-state index in [4.69, 9.17) is 4.74 Å². The number of imidazole rings is 1. The van der Waals surface area contributed by atoms with E-state index in [9.17, 15) is 0 Å².